The summed E-state index contributed by atoms with van der Waals surface area (Å²) in [5.41, 5.74) is 1.62. The lowest BCUT2D eigenvalue weighted by Gasteiger charge is -2.08. The maximum absolute atomic E-state index is 11.9. The first-order valence-corrected chi connectivity index (χ1v) is 7.31. The first-order valence-electron chi connectivity index (χ1n) is 7.31. The standard InChI is InChI=1S/C18H17N3O3/c1-24-15-8-6-13(7-9-15)10-17(22)20-12-18(23)21-16-5-3-2-4-14(16)11-19/h2-9H,10,12H2,1H3,(H,20,22)(H,21,23). The van der Waals surface area contributed by atoms with Crippen molar-refractivity contribution in [3.05, 3.63) is 59.7 Å². The number of anilines is 1. The van der Waals surface area contributed by atoms with Crippen LogP contribution >= 0.6 is 0 Å². The van der Waals surface area contributed by atoms with E-state index in [1.54, 1.807) is 55.6 Å². The van der Waals surface area contributed by atoms with Gasteiger partial charge in [0, 0.05) is 0 Å². The molecule has 0 saturated heterocycles. The highest BCUT2D eigenvalue weighted by Crippen LogP contribution is 2.13. The largest absolute Gasteiger partial charge is 0.497 e. The van der Waals surface area contributed by atoms with Crippen LogP contribution in [0, 0.1) is 11.3 Å². The summed E-state index contributed by atoms with van der Waals surface area (Å²) in [5.74, 6) is 0.0689. The van der Waals surface area contributed by atoms with Crippen molar-refractivity contribution in [3.8, 4) is 11.8 Å². The molecule has 0 aromatic heterocycles. The Morgan fingerprint density at radius 1 is 1.08 bits per heavy atom. The Kier molecular flexibility index (Phi) is 5.92. The Balaban J connectivity index is 1.82. The molecule has 24 heavy (non-hydrogen) atoms. The van der Waals surface area contributed by atoms with E-state index in [1.165, 1.54) is 0 Å². The van der Waals surface area contributed by atoms with Crippen LogP contribution < -0.4 is 15.4 Å². The van der Waals surface area contributed by atoms with Crippen molar-refractivity contribution < 1.29 is 14.3 Å². The minimum atomic E-state index is -0.388. The van der Waals surface area contributed by atoms with Crippen LogP contribution in [0.15, 0.2) is 48.5 Å². The molecular weight excluding hydrogens is 306 g/mol. The predicted molar refractivity (Wildman–Crippen MR) is 89.5 cm³/mol. The fourth-order valence-electron chi connectivity index (χ4n) is 2.05. The summed E-state index contributed by atoms with van der Waals surface area (Å²) in [5, 5.41) is 14.1. The minimum absolute atomic E-state index is 0.158. The van der Waals surface area contributed by atoms with E-state index >= 15 is 0 Å². The average molecular weight is 323 g/mol. The van der Waals surface area contributed by atoms with Gasteiger partial charge >= 0.3 is 0 Å². The van der Waals surface area contributed by atoms with Crippen LogP contribution in [-0.2, 0) is 16.0 Å². The van der Waals surface area contributed by atoms with Crippen LogP contribution in [0.4, 0.5) is 5.69 Å². The van der Waals surface area contributed by atoms with Crippen molar-refractivity contribution in [3.63, 3.8) is 0 Å². The van der Waals surface area contributed by atoms with E-state index in [2.05, 4.69) is 10.6 Å². The van der Waals surface area contributed by atoms with Crippen molar-refractivity contribution in [2.75, 3.05) is 19.0 Å². The Morgan fingerprint density at radius 3 is 2.46 bits per heavy atom. The molecule has 2 N–H and O–H groups in total. The second kappa shape index (κ2) is 8.34. The van der Waals surface area contributed by atoms with E-state index in [1.807, 2.05) is 6.07 Å². The third-order valence-electron chi connectivity index (χ3n) is 3.29. The number of methoxy groups -OCH3 is 1. The van der Waals surface area contributed by atoms with Gasteiger partial charge in [0.05, 0.1) is 31.3 Å². The van der Waals surface area contributed by atoms with Gasteiger partial charge in [-0.1, -0.05) is 24.3 Å². The smallest absolute Gasteiger partial charge is 0.243 e. The molecule has 0 aliphatic heterocycles. The highest BCUT2D eigenvalue weighted by molar-refractivity contribution is 5.95. The summed E-state index contributed by atoms with van der Waals surface area (Å²) in [6.45, 7) is -0.158. The van der Waals surface area contributed by atoms with Gasteiger partial charge in [-0.05, 0) is 29.8 Å². The number of hydrogen-bond acceptors (Lipinski definition) is 4. The number of nitrogens with zero attached hydrogens (tertiary/aromatic N) is 1. The molecule has 2 rings (SSSR count). The van der Waals surface area contributed by atoms with Crippen LogP contribution in [0.2, 0.25) is 0 Å². The summed E-state index contributed by atoms with van der Waals surface area (Å²) in [4.78, 5) is 23.7. The van der Waals surface area contributed by atoms with Gasteiger partial charge in [0.1, 0.15) is 11.8 Å². The topological polar surface area (TPSA) is 91.2 Å². The normalized spacial score (nSPS) is 9.67. The van der Waals surface area contributed by atoms with Crippen LogP contribution in [-0.4, -0.2) is 25.5 Å². The van der Waals surface area contributed by atoms with Gasteiger partial charge in [0.25, 0.3) is 0 Å². The quantitative estimate of drug-likeness (QED) is 0.849. The molecule has 6 nitrogen and oxygen atoms in total. The Bertz CT molecular complexity index is 764. The van der Waals surface area contributed by atoms with Crippen LogP contribution in [0.3, 0.4) is 0 Å². The lowest BCUT2D eigenvalue weighted by atomic mass is 10.1. The Labute approximate surface area is 140 Å². The molecule has 0 aliphatic rings. The number of carbonyl (C=O) groups is 2. The molecule has 0 radical (unpaired) electrons. The van der Waals surface area contributed by atoms with Crippen LogP contribution in [0.1, 0.15) is 11.1 Å². The van der Waals surface area contributed by atoms with Gasteiger partial charge in [0.15, 0.2) is 0 Å². The summed E-state index contributed by atoms with van der Waals surface area (Å²) in [7, 11) is 1.57. The molecule has 0 unspecified atom stereocenters. The number of nitrogens with one attached hydrogen (secondary N) is 2. The zero-order valence-electron chi connectivity index (χ0n) is 13.2. The number of rotatable bonds is 6. The van der Waals surface area contributed by atoms with E-state index in [0.29, 0.717) is 11.3 Å². The molecule has 0 spiro atoms. The predicted octanol–water partition coefficient (Wildman–Crippen LogP) is 1.86. The second-order valence-corrected chi connectivity index (χ2v) is 5.01. The van der Waals surface area contributed by atoms with Gasteiger partial charge in [-0.2, -0.15) is 5.26 Å². The van der Waals surface area contributed by atoms with E-state index in [4.69, 9.17) is 10.00 Å². The highest BCUT2D eigenvalue weighted by atomic mass is 16.5. The number of hydrogen-bond donors (Lipinski definition) is 2. The van der Waals surface area contributed by atoms with E-state index in [0.717, 1.165) is 11.3 Å². The summed E-state index contributed by atoms with van der Waals surface area (Å²) in [6.07, 6.45) is 0.173. The number of nitriles is 1. The van der Waals surface area contributed by atoms with Crippen molar-refractivity contribution in [2.24, 2.45) is 0 Å². The maximum Gasteiger partial charge on any atom is 0.243 e. The lowest BCUT2D eigenvalue weighted by molar-refractivity contribution is -0.123. The van der Waals surface area contributed by atoms with E-state index < -0.39 is 0 Å². The van der Waals surface area contributed by atoms with Gasteiger partial charge in [-0.3, -0.25) is 9.59 Å². The van der Waals surface area contributed by atoms with Gasteiger partial charge in [-0.25, -0.2) is 0 Å². The zero-order valence-corrected chi connectivity index (χ0v) is 13.2. The Hall–Kier alpha value is -3.33. The molecule has 0 heterocycles. The fourth-order valence-corrected chi connectivity index (χ4v) is 2.05. The number of benzene rings is 2. The molecule has 2 amide bonds. The van der Waals surface area contributed by atoms with E-state index in [-0.39, 0.29) is 24.8 Å². The average Bonchev–Trinajstić information content (AvgIpc) is 2.61. The lowest BCUT2D eigenvalue weighted by Crippen LogP contribution is -2.33. The van der Waals surface area contributed by atoms with Gasteiger partial charge < -0.3 is 15.4 Å². The first-order chi connectivity index (χ1) is 11.6. The molecule has 2 aromatic carbocycles. The molecule has 0 fully saturated rings. The molecule has 6 heteroatoms. The van der Waals surface area contributed by atoms with Crippen molar-refractivity contribution in [2.45, 2.75) is 6.42 Å². The molecule has 0 bridgehead atoms. The van der Waals surface area contributed by atoms with Crippen LogP contribution in [0.5, 0.6) is 5.75 Å². The molecular formula is C18H17N3O3. The third-order valence-corrected chi connectivity index (χ3v) is 3.29. The fraction of sp³-hybridized carbons (Fsp3) is 0.167. The van der Waals surface area contributed by atoms with Crippen LogP contribution in [0.25, 0.3) is 0 Å². The molecule has 0 aliphatic carbocycles. The number of amides is 2. The number of carbonyl (C=O) groups excluding carboxylic acids is 2. The summed E-state index contributed by atoms with van der Waals surface area (Å²) >= 11 is 0. The van der Waals surface area contributed by atoms with E-state index in [9.17, 15) is 9.59 Å². The molecule has 0 saturated carbocycles. The summed E-state index contributed by atoms with van der Waals surface area (Å²) < 4.78 is 5.05. The number of ether oxygens (including phenoxy) is 1. The molecule has 122 valence electrons. The monoisotopic (exact) mass is 323 g/mol. The molecule has 2 aromatic rings. The number of para-hydroxylation sites is 1. The van der Waals surface area contributed by atoms with Crippen molar-refractivity contribution >= 4 is 17.5 Å². The van der Waals surface area contributed by atoms with Crippen molar-refractivity contribution in [1.82, 2.24) is 5.32 Å². The third kappa shape index (κ3) is 4.85. The second-order valence-electron chi connectivity index (χ2n) is 5.01. The maximum atomic E-state index is 11.9. The zero-order chi connectivity index (χ0) is 17.4. The first kappa shape index (κ1) is 17.0. The van der Waals surface area contributed by atoms with Gasteiger partial charge in [0.2, 0.25) is 11.8 Å². The minimum Gasteiger partial charge on any atom is -0.497 e. The summed E-state index contributed by atoms with van der Waals surface area (Å²) in [6, 6.07) is 15.8. The SMILES string of the molecule is COc1ccc(CC(=O)NCC(=O)Nc2ccccc2C#N)cc1. The molecule has 0 atom stereocenters. The highest BCUT2D eigenvalue weighted by Gasteiger charge is 2.09. The van der Waals surface area contributed by atoms with Gasteiger partial charge in [-0.15, -0.1) is 0 Å². The van der Waals surface area contributed by atoms with Crippen molar-refractivity contribution in [1.29, 1.82) is 5.26 Å². The Morgan fingerprint density at radius 2 is 1.79 bits per heavy atom.